The van der Waals surface area contributed by atoms with E-state index in [2.05, 4.69) is 22.4 Å². The van der Waals surface area contributed by atoms with Gasteiger partial charge in [-0.05, 0) is 29.9 Å². The molecule has 0 fully saturated rings. The maximum absolute atomic E-state index is 12.6. The summed E-state index contributed by atoms with van der Waals surface area (Å²) in [6.45, 7) is 0. The average Bonchev–Trinajstić information content (AvgIpc) is 2.21. The van der Waals surface area contributed by atoms with Gasteiger partial charge in [0.05, 0.1) is 23.3 Å². The summed E-state index contributed by atoms with van der Waals surface area (Å²) < 4.78 is 25.1. The third kappa shape index (κ3) is 2.91. The van der Waals surface area contributed by atoms with Crippen LogP contribution in [0, 0.1) is 11.3 Å². The maximum atomic E-state index is 12.6. The van der Waals surface area contributed by atoms with E-state index in [1.807, 2.05) is 6.07 Å². The second-order valence-corrected chi connectivity index (χ2v) is 2.90. The van der Waals surface area contributed by atoms with Crippen LogP contribution in [0.4, 0.5) is 14.5 Å². The first-order chi connectivity index (χ1) is 7.19. The highest BCUT2D eigenvalue weighted by atomic mass is 32.1. The number of nitrogens with zero attached hydrogens (tertiary/aromatic N) is 2. The minimum Gasteiger partial charge on any atom is -0.205 e. The highest BCUT2D eigenvalue weighted by Crippen LogP contribution is 2.27. The molecule has 2 nitrogen and oxygen atoms in total. The van der Waals surface area contributed by atoms with Crippen LogP contribution in [-0.2, 0) is 6.42 Å². The molecule has 0 radical (unpaired) electrons. The predicted molar refractivity (Wildman–Crippen MR) is 55.4 cm³/mol. The van der Waals surface area contributed by atoms with Crippen LogP contribution >= 0.6 is 12.2 Å². The quantitative estimate of drug-likeness (QED) is 0.582. The summed E-state index contributed by atoms with van der Waals surface area (Å²) in [6.07, 6.45) is -2.66. The van der Waals surface area contributed by atoms with Gasteiger partial charge in [-0.3, -0.25) is 0 Å². The number of hydrogen-bond acceptors (Lipinski definition) is 3. The van der Waals surface area contributed by atoms with Crippen LogP contribution < -0.4 is 0 Å². The van der Waals surface area contributed by atoms with E-state index in [0.717, 1.165) is 0 Å². The van der Waals surface area contributed by atoms with E-state index in [0.29, 0.717) is 11.3 Å². The van der Waals surface area contributed by atoms with Crippen molar-refractivity contribution in [2.24, 2.45) is 4.99 Å². The van der Waals surface area contributed by atoms with Crippen LogP contribution in [-0.4, -0.2) is 5.16 Å². The Labute approximate surface area is 90.9 Å². The molecule has 0 saturated carbocycles. The molecule has 1 aromatic carbocycles. The molecular formula is C10H6F2N2S. The van der Waals surface area contributed by atoms with Crippen molar-refractivity contribution in [3.05, 3.63) is 29.3 Å². The van der Waals surface area contributed by atoms with Crippen LogP contribution in [0.1, 0.15) is 17.6 Å². The number of aliphatic imine (C=N–C) groups is 1. The molecule has 0 atom stereocenters. The van der Waals surface area contributed by atoms with E-state index in [1.165, 1.54) is 18.2 Å². The Morgan fingerprint density at radius 2 is 2.20 bits per heavy atom. The van der Waals surface area contributed by atoms with Gasteiger partial charge in [-0.25, -0.2) is 8.78 Å². The fourth-order valence-corrected chi connectivity index (χ4v) is 1.26. The molecule has 15 heavy (non-hydrogen) atoms. The smallest absolute Gasteiger partial charge is 0.205 e. The molecule has 1 rings (SSSR count). The minimum atomic E-state index is -2.62. The lowest BCUT2D eigenvalue weighted by Gasteiger charge is -2.05. The van der Waals surface area contributed by atoms with Crippen molar-refractivity contribution < 1.29 is 8.78 Å². The number of hydrogen-bond donors (Lipinski definition) is 0. The molecule has 0 aromatic heterocycles. The Morgan fingerprint density at radius 3 is 2.73 bits per heavy atom. The monoisotopic (exact) mass is 224 g/mol. The highest BCUT2D eigenvalue weighted by molar-refractivity contribution is 7.78. The molecular weight excluding hydrogens is 218 g/mol. The molecule has 0 unspecified atom stereocenters. The van der Waals surface area contributed by atoms with Gasteiger partial charge >= 0.3 is 0 Å². The number of isothiocyanates is 1. The summed E-state index contributed by atoms with van der Waals surface area (Å²) in [4.78, 5) is 3.60. The van der Waals surface area contributed by atoms with Crippen molar-refractivity contribution in [3.63, 3.8) is 0 Å². The first-order valence-electron chi connectivity index (χ1n) is 4.05. The van der Waals surface area contributed by atoms with E-state index in [1.54, 1.807) is 0 Å². The maximum Gasteiger partial charge on any atom is 0.264 e. The summed E-state index contributed by atoms with van der Waals surface area (Å²) in [6, 6.07) is 6.03. The highest BCUT2D eigenvalue weighted by Gasteiger charge is 2.13. The van der Waals surface area contributed by atoms with Crippen molar-refractivity contribution in [2.45, 2.75) is 12.8 Å². The Kier molecular flexibility index (Phi) is 4.04. The largest absolute Gasteiger partial charge is 0.264 e. The summed E-state index contributed by atoms with van der Waals surface area (Å²) in [5, 5.41) is 10.6. The topological polar surface area (TPSA) is 36.1 Å². The van der Waals surface area contributed by atoms with Gasteiger partial charge in [-0.2, -0.15) is 10.3 Å². The zero-order chi connectivity index (χ0) is 11.3. The van der Waals surface area contributed by atoms with Crippen molar-refractivity contribution in [1.82, 2.24) is 0 Å². The van der Waals surface area contributed by atoms with Gasteiger partial charge in [0.1, 0.15) is 0 Å². The fraction of sp³-hybridized carbons (Fsp3) is 0.200. The zero-order valence-electron chi connectivity index (χ0n) is 7.58. The third-order valence-electron chi connectivity index (χ3n) is 1.81. The molecule has 0 amide bonds. The van der Waals surface area contributed by atoms with Gasteiger partial charge in [0, 0.05) is 5.56 Å². The van der Waals surface area contributed by atoms with E-state index in [4.69, 9.17) is 5.26 Å². The van der Waals surface area contributed by atoms with Gasteiger partial charge in [0.25, 0.3) is 6.43 Å². The van der Waals surface area contributed by atoms with Crippen molar-refractivity contribution in [1.29, 1.82) is 5.26 Å². The third-order valence-corrected chi connectivity index (χ3v) is 1.90. The summed E-state index contributed by atoms with van der Waals surface area (Å²) in [7, 11) is 0. The van der Waals surface area contributed by atoms with Crippen molar-refractivity contribution >= 4 is 23.1 Å². The average molecular weight is 224 g/mol. The van der Waals surface area contributed by atoms with Gasteiger partial charge in [-0.1, -0.05) is 6.07 Å². The van der Waals surface area contributed by atoms with Gasteiger partial charge in [0.2, 0.25) is 0 Å². The van der Waals surface area contributed by atoms with Gasteiger partial charge < -0.3 is 0 Å². The van der Waals surface area contributed by atoms with Crippen LogP contribution in [0.15, 0.2) is 23.2 Å². The Bertz CT molecular complexity index is 445. The molecule has 76 valence electrons. The van der Waals surface area contributed by atoms with Gasteiger partial charge in [-0.15, -0.1) is 0 Å². The Morgan fingerprint density at radius 1 is 1.47 bits per heavy atom. The molecule has 0 aliphatic heterocycles. The normalized spacial score (nSPS) is 9.47. The molecule has 0 aliphatic carbocycles. The molecule has 0 bridgehead atoms. The van der Waals surface area contributed by atoms with E-state index < -0.39 is 6.43 Å². The summed E-state index contributed by atoms with van der Waals surface area (Å²) in [5.41, 5.74) is 0.459. The Balaban J connectivity index is 3.21. The number of benzene rings is 1. The number of rotatable bonds is 3. The first-order valence-corrected chi connectivity index (χ1v) is 4.45. The molecule has 0 spiro atoms. The van der Waals surface area contributed by atoms with E-state index >= 15 is 0 Å². The lowest BCUT2D eigenvalue weighted by atomic mass is 10.0. The molecule has 0 N–H and O–H groups in total. The fourth-order valence-electron chi connectivity index (χ4n) is 1.15. The predicted octanol–water partition coefficient (Wildman–Crippen LogP) is 3.42. The standard InChI is InChI=1S/C10H6F2N2S/c11-10(12)9-5-8(14-6-15)2-1-7(9)3-4-13/h1-2,5,10H,3H2. The zero-order valence-corrected chi connectivity index (χ0v) is 8.39. The molecule has 0 aliphatic rings. The van der Waals surface area contributed by atoms with Crippen LogP contribution in [0.5, 0.6) is 0 Å². The lowest BCUT2D eigenvalue weighted by Crippen LogP contribution is -1.93. The molecule has 0 saturated heterocycles. The second kappa shape index (κ2) is 5.30. The molecule has 5 heteroatoms. The SMILES string of the molecule is N#CCc1ccc(N=C=S)cc1C(F)F. The summed E-state index contributed by atoms with van der Waals surface area (Å²) in [5.74, 6) is 0. The number of nitriles is 1. The molecule has 0 heterocycles. The Hall–Kier alpha value is -1.63. The second-order valence-electron chi connectivity index (χ2n) is 2.72. The van der Waals surface area contributed by atoms with Crippen LogP contribution in [0.2, 0.25) is 0 Å². The van der Waals surface area contributed by atoms with Crippen molar-refractivity contribution in [2.75, 3.05) is 0 Å². The molecule has 1 aromatic rings. The van der Waals surface area contributed by atoms with E-state index in [9.17, 15) is 8.78 Å². The van der Waals surface area contributed by atoms with Crippen LogP contribution in [0.3, 0.4) is 0 Å². The first kappa shape index (κ1) is 11.4. The summed E-state index contributed by atoms with van der Waals surface area (Å²) >= 11 is 4.37. The lowest BCUT2D eigenvalue weighted by molar-refractivity contribution is 0.150. The number of thiocarbonyl (C=S) groups is 1. The minimum absolute atomic E-state index is 0.0404. The van der Waals surface area contributed by atoms with E-state index in [-0.39, 0.29) is 12.0 Å². The van der Waals surface area contributed by atoms with Crippen molar-refractivity contribution in [3.8, 4) is 6.07 Å². The number of alkyl halides is 2. The van der Waals surface area contributed by atoms with Gasteiger partial charge in [0.15, 0.2) is 0 Å². The van der Waals surface area contributed by atoms with Crippen LogP contribution in [0.25, 0.3) is 0 Å². The number of halogens is 2.